The number of ether oxygens (including phenoxy) is 8. The molecule has 0 unspecified atom stereocenters. The number of hydrogen-bond acceptors (Lipinski definition) is 12. The Kier molecular flexibility index (Phi) is 11.5. The van der Waals surface area contributed by atoms with E-state index in [1.165, 1.54) is 11.8 Å². The molecule has 3 saturated heterocycles. The molecule has 54 heavy (non-hydrogen) atoms. The summed E-state index contributed by atoms with van der Waals surface area (Å²) in [5, 5.41) is 0. The summed E-state index contributed by atoms with van der Waals surface area (Å²) in [4.78, 5) is 42.1. The van der Waals surface area contributed by atoms with Crippen LogP contribution < -0.4 is 0 Å². The maximum absolute atomic E-state index is 13.8. The molecule has 4 aromatic rings. The number of carbonyl (C=O) groups is 3. The molecular weight excluding hydrogens is 713 g/mol. The molecule has 0 bridgehead atoms. The maximum Gasteiger partial charge on any atom is 0.338 e. The minimum absolute atomic E-state index is 0.240. The number of hydrogen-bond donors (Lipinski definition) is 0. The highest BCUT2D eigenvalue weighted by Crippen LogP contribution is 2.42. The second-order valence-electron chi connectivity index (χ2n) is 13.8. The summed E-state index contributed by atoms with van der Waals surface area (Å²) >= 11 is 1.45. The highest BCUT2D eigenvalue weighted by atomic mass is 32.2. The van der Waals surface area contributed by atoms with E-state index in [4.69, 9.17) is 37.9 Å². The molecule has 0 spiro atoms. The van der Waals surface area contributed by atoms with Crippen molar-refractivity contribution < 1.29 is 52.3 Å². The van der Waals surface area contributed by atoms with Gasteiger partial charge in [0.2, 0.25) is 0 Å². The molecule has 11 nitrogen and oxygen atoms in total. The number of benzene rings is 4. The molecule has 4 aromatic carbocycles. The Morgan fingerprint density at radius 3 is 1.69 bits per heavy atom. The van der Waals surface area contributed by atoms with Gasteiger partial charge >= 0.3 is 17.9 Å². The molecule has 9 atom stereocenters. The lowest BCUT2D eigenvalue weighted by atomic mass is 9.98. The molecule has 0 N–H and O–H groups in total. The number of fused-ring (bicyclic) bond motifs is 1. The van der Waals surface area contributed by atoms with Crippen LogP contribution in [0.3, 0.4) is 0 Å². The second-order valence-corrected chi connectivity index (χ2v) is 15.0. The zero-order valence-corrected chi connectivity index (χ0v) is 31.1. The molecule has 12 heteroatoms. The van der Waals surface area contributed by atoms with Crippen molar-refractivity contribution in [3.63, 3.8) is 0 Å². The summed E-state index contributed by atoms with van der Waals surface area (Å²) in [5.41, 5.74) is 1.25. The summed E-state index contributed by atoms with van der Waals surface area (Å²) < 4.78 is 50.7. The molecule has 282 valence electrons. The normalized spacial score (nSPS) is 28.7. The molecule has 3 aliphatic heterocycles. The first kappa shape index (κ1) is 37.7. The van der Waals surface area contributed by atoms with E-state index in [0.29, 0.717) is 0 Å². The van der Waals surface area contributed by atoms with Crippen molar-refractivity contribution in [2.45, 2.75) is 92.8 Å². The van der Waals surface area contributed by atoms with Gasteiger partial charge in [-0.2, -0.15) is 0 Å². The summed E-state index contributed by atoms with van der Waals surface area (Å²) in [6.45, 7) is 7.57. The topological polar surface area (TPSA) is 125 Å². The van der Waals surface area contributed by atoms with Gasteiger partial charge in [-0.1, -0.05) is 84.1 Å². The van der Waals surface area contributed by atoms with E-state index in [1.807, 2.05) is 45.0 Å². The number of esters is 3. The van der Waals surface area contributed by atoms with Gasteiger partial charge in [-0.05, 0) is 76.2 Å². The van der Waals surface area contributed by atoms with E-state index < -0.39 is 78.1 Å². The zero-order chi connectivity index (χ0) is 37.8. The molecule has 0 radical (unpaired) electrons. The molecule has 0 aromatic heterocycles. The van der Waals surface area contributed by atoms with Gasteiger partial charge in [0.1, 0.15) is 23.7 Å². The van der Waals surface area contributed by atoms with Gasteiger partial charge < -0.3 is 37.9 Å². The SMILES string of the molecule is Cc1ccc(S[C@@H]2OC[C@@H]3OC(C)(C)O[C@@H]3[C@H]2O[C@@H]2O[C@@H](C)[C@H](OC(=O)c3ccccc3)[C@@H](OC(=O)c3ccccc3)[C@H]2OC(=O)c2ccccc2)cc1. The maximum atomic E-state index is 13.8. The Bertz CT molecular complexity index is 1890. The van der Waals surface area contributed by atoms with Crippen molar-refractivity contribution in [1.82, 2.24) is 0 Å². The van der Waals surface area contributed by atoms with E-state index >= 15 is 0 Å². The third kappa shape index (κ3) is 8.70. The summed E-state index contributed by atoms with van der Waals surface area (Å²) in [5.74, 6) is -3.07. The van der Waals surface area contributed by atoms with Gasteiger partial charge in [-0.15, -0.1) is 0 Å². The van der Waals surface area contributed by atoms with Crippen LogP contribution in [0.25, 0.3) is 0 Å². The molecule has 0 amide bonds. The van der Waals surface area contributed by atoms with Gasteiger partial charge in [0.05, 0.1) is 29.4 Å². The van der Waals surface area contributed by atoms with Crippen molar-refractivity contribution in [3.8, 4) is 0 Å². The fourth-order valence-corrected chi connectivity index (χ4v) is 7.72. The van der Waals surface area contributed by atoms with Crippen LogP contribution in [0.4, 0.5) is 0 Å². The van der Waals surface area contributed by atoms with Crippen LogP contribution in [-0.4, -0.2) is 84.8 Å². The number of rotatable bonds is 10. The lowest BCUT2D eigenvalue weighted by Gasteiger charge is -2.46. The molecule has 0 aliphatic carbocycles. The second kappa shape index (κ2) is 16.4. The van der Waals surface area contributed by atoms with E-state index in [-0.39, 0.29) is 23.3 Å². The standard InChI is InChI=1S/C42H42O11S/c1-25-20-22-30(23-21-25)54-41-36(33-31(24-46-41)52-42(3,4)53-33)51-40-35(50-39(45)29-18-12-7-13-19-29)34(49-38(44)28-16-10-6-11-17-28)32(26(2)47-40)48-37(43)27-14-8-5-9-15-27/h5-23,26,31-36,40-41H,24H2,1-4H3/t26-,31-,32-,33-,34+,35+,36+,40-,41-/m0/s1. The number of thioether (sulfide) groups is 1. The van der Waals surface area contributed by atoms with Crippen LogP contribution >= 0.6 is 11.8 Å². The van der Waals surface area contributed by atoms with Crippen LogP contribution in [0.5, 0.6) is 0 Å². The van der Waals surface area contributed by atoms with Crippen LogP contribution in [0.2, 0.25) is 0 Å². The highest BCUT2D eigenvalue weighted by molar-refractivity contribution is 7.99. The molecule has 3 fully saturated rings. The number of carbonyl (C=O) groups excluding carboxylic acids is 3. The van der Waals surface area contributed by atoms with Crippen LogP contribution in [0.1, 0.15) is 57.4 Å². The number of aryl methyl sites for hydroxylation is 1. The minimum atomic E-state index is -1.43. The summed E-state index contributed by atoms with van der Waals surface area (Å²) in [7, 11) is 0. The van der Waals surface area contributed by atoms with Crippen molar-refractivity contribution in [1.29, 1.82) is 0 Å². The first-order valence-corrected chi connectivity index (χ1v) is 18.7. The minimum Gasteiger partial charge on any atom is -0.452 e. The average Bonchev–Trinajstić information content (AvgIpc) is 3.51. The van der Waals surface area contributed by atoms with Crippen LogP contribution in [0.15, 0.2) is 120 Å². The summed E-state index contributed by atoms with van der Waals surface area (Å²) in [6, 6.07) is 33.2. The van der Waals surface area contributed by atoms with Gasteiger partial charge in [0.15, 0.2) is 30.4 Å². The lowest BCUT2D eigenvalue weighted by molar-refractivity contribution is -0.318. The first-order valence-electron chi connectivity index (χ1n) is 17.8. The van der Waals surface area contributed by atoms with Gasteiger partial charge in [-0.25, -0.2) is 14.4 Å². The quantitative estimate of drug-likeness (QED) is 0.125. The van der Waals surface area contributed by atoms with E-state index in [9.17, 15) is 14.4 Å². The van der Waals surface area contributed by atoms with Gasteiger partial charge in [0, 0.05) is 4.90 Å². The van der Waals surface area contributed by atoms with Gasteiger partial charge in [0.25, 0.3) is 0 Å². The fraction of sp³-hybridized carbons (Fsp3) is 0.357. The first-order chi connectivity index (χ1) is 26.0. The van der Waals surface area contributed by atoms with E-state index in [2.05, 4.69) is 0 Å². The highest BCUT2D eigenvalue weighted by Gasteiger charge is 2.57. The van der Waals surface area contributed by atoms with Gasteiger partial charge in [-0.3, -0.25) is 0 Å². The van der Waals surface area contributed by atoms with E-state index in [1.54, 1.807) is 97.9 Å². The van der Waals surface area contributed by atoms with Crippen molar-refractivity contribution >= 4 is 29.7 Å². The monoisotopic (exact) mass is 754 g/mol. The predicted molar refractivity (Wildman–Crippen MR) is 197 cm³/mol. The Hall–Kier alpha value is -4.56. The predicted octanol–water partition coefficient (Wildman–Crippen LogP) is 6.77. The molecule has 3 aliphatic rings. The van der Waals surface area contributed by atoms with E-state index in [0.717, 1.165) is 10.5 Å². The third-order valence-corrected chi connectivity index (χ3v) is 10.5. The Morgan fingerprint density at radius 1 is 0.648 bits per heavy atom. The molecule has 7 rings (SSSR count). The van der Waals surface area contributed by atoms with Crippen molar-refractivity contribution in [2.24, 2.45) is 0 Å². The fourth-order valence-electron chi connectivity index (χ4n) is 6.66. The van der Waals surface area contributed by atoms with Crippen LogP contribution in [-0.2, 0) is 37.9 Å². The molecular formula is C42H42O11S. The summed E-state index contributed by atoms with van der Waals surface area (Å²) in [6.07, 6.45) is -8.23. The smallest absolute Gasteiger partial charge is 0.338 e. The average molecular weight is 755 g/mol. The van der Waals surface area contributed by atoms with Crippen molar-refractivity contribution in [3.05, 3.63) is 138 Å². The third-order valence-electron chi connectivity index (χ3n) is 9.29. The van der Waals surface area contributed by atoms with Crippen LogP contribution in [0, 0.1) is 6.92 Å². The Labute approximate surface area is 318 Å². The Balaban J connectivity index is 1.26. The molecule has 0 saturated carbocycles. The Morgan fingerprint density at radius 2 is 1.15 bits per heavy atom. The van der Waals surface area contributed by atoms with Crippen molar-refractivity contribution in [2.75, 3.05) is 6.61 Å². The molecule has 3 heterocycles. The lowest BCUT2D eigenvalue weighted by Crippen LogP contribution is -2.63. The largest absolute Gasteiger partial charge is 0.452 e. The zero-order valence-electron chi connectivity index (χ0n) is 30.3.